The van der Waals surface area contributed by atoms with Gasteiger partial charge in [0, 0.05) is 24.1 Å². The largest absolute Gasteiger partial charge is 0.466 e. The number of likely N-dealkylation sites (tertiary alicyclic amines) is 1. The minimum absolute atomic E-state index is 0.0106. The highest BCUT2D eigenvalue weighted by molar-refractivity contribution is 8.02. The van der Waals surface area contributed by atoms with Gasteiger partial charge in [-0.2, -0.15) is 0 Å². The Bertz CT molecular complexity index is 953. The van der Waals surface area contributed by atoms with E-state index >= 15 is 0 Å². The average Bonchev–Trinajstić information content (AvgIpc) is 3.35. The Hall–Kier alpha value is -2.06. The van der Waals surface area contributed by atoms with Crippen LogP contribution in [0.4, 0.5) is 5.69 Å². The first kappa shape index (κ1) is 24.1. The molecule has 33 heavy (non-hydrogen) atoms. The highest BCUT2D eigenvalue weighted by Gasteiger charge is 2.76. The highest BCUT2D eigenvalue weighted by Crippen LogP contribution is 2.68. The second-order valence-corrected chi connectivity index (χ2v) is 11.1. The molecule has 1 spiro atoms. The number of fused-ring (bicyclic) bond motifs is 1. The molecule has 2 bridgehead atoms. The molecule has 180 valence electrons. The number of esters is 1. The molecule has 3 aliphatic rings. The van der Waals surface area contributed by atoms with Crippen LogP contribution in [0.1, 0.15) is 44.2 Å². The van der Waals surface area contributed by atoms with E-state index in [-0.39, 0.29) is 42.2 Å². The van der Waals surface area contributed by atoms with E-state index in [1.165, 1.54) is 0 Å². The van der Waals surface area contributed by atoms with E-state index < -0.39 is 22.6 Å². The topological polar surface area (TPSA) is 95.9 Å². The van der Waals surface area contributed by atoms with E-state index in [9.17, 15) is 19.5 Å². The van der Waals surface area contributed by atoms with Crippen LogP contribution in [0.2, 0.25) is 0 Å². The molecule has 0 aromatic heterocycles. The van der Waals surface area contributed by atoms with Gasteiger partial charge < -0.3 is 20.1 Å². The maximum Gasteiger partial charge on any atom is 0.310 e. The lowest BCUT2D eigenvalue weighted by atomic mass is 9.66. The number of aliphatic hydroxyl groups excluding tert-OH is 1. The molecule has 4 rings (SSSR count). The summed E-state index contributed by atoms with van der Waals surface area (Å²) >= 11 is 1.65. The number of ether oxygens (including phenoxy) is 1. The molecule has 3 unspecified atom stereocenters. The molecule has 3 fully saturated rings. The number of carbonyl (C=O) groups excluding carboxylic acids is 3. The average molecular weight is 475 g/mol. The summed E-state index contributed by atoms with van der Waals surface area (Å²) in [5.41, 5.74) is 2.75. The van der Waals surface area contributed by atoms with Crippen molar-refractivity contribution in [3.63, 3.8) is 0 Å². The van der Waals surface area contributed by atoms with E-state index in [1.807, 2.05) is 32.0 Å². The standard InChI is InChI=1S/C25H34N2O5S/c1-5-32-24(31)19-18-13-16(4)25(33-18)20(19)23(30)27(10-6-7-11-28)21(25)22(29)26-17-12-14(2)8-9-15(17)3/h8-9,12,16,18-21,28H,5-7,10-11,13H2,1-4H3,(H,26,29)/t16?,18-,19+,20+,21?,25?/m1/s1. The molecule has 3 heterocycles. The molecule has 0 radical (unpaired) electrons. The number of anilines is 1. The van der Waals surface area contributed by atoms with Crippen molar-refractivity contribution >= 4 is 35.2 Å². The number of rotatable bonds is 8. The van der Waals surface area contributed by atoms with Gasteiger partial charge in [0.1, 0.15) is 6.04 Å². The van der Waals surface area contributed by atoms with Gasteiger partial charge in [0.25, 0.3) is 0 Å². The smallest absolute Gasteiger partial charge is 0.310 e. The first-order chi connectivity index (χ1) is 15.8. The predicted molar refractivity (Wildman–Crippen MR) is 128 cm³/mol. The number of thioether (sulfide) groups is 1. The third kappa shape index (κ3) is 3.85. The Kier molecular flexibility index (Phi) is 6.78. The number of hydrogen-bond acceptors (Lipinski definition) is 6. The number of amides is 2. The van der Waals surface area contributed by atoms with Gasteiger partial charge in [0.15, 0.2) is 0 Å². The van der Waals surface area contributed by atoms with Crippen molar-refractivity contribution in [3.05, 3.63) is 29.3 Å². The minimum Gasteiger partial charge on any atom is -0.466 e. The van der Waals surface area contributed by atoms with Gasteiger partial charge in [-0.25, -0.2) is 0 Å². The molecule has 0 saturated carbocycles. The summed E-state index contributed by atoms with van der Waals surface area (Å²) in [6.45, 7) is 8.49. The van der Waals surface area contributed by atoms with E-state index in [0.717, 1.165) is 23.2 Å². The van der Waals surface area contributed by atoms with Crippen LogP contribution >= 0.6 is 11.8 Å². The van der Waals surface area contributed by atoms with Crippen LogP contribution in [0.3, 0.4) is 0 Å². The molecule has 3 aliphatic heterocycles. The Balaban J connectivity index is 1.72. The molecule has 0 aliphatic carbocycles. The van der Waals surface area contributed by atoms with E-state index in [2.05, 4.69) is 12.2 Å². The maximum absolute atomic E-state index is 13.9. The van der Waals surface area contributed by atoms with Crippen LogP contribution in [-0.2, 0) is 19.1 Å². The van der Waals surface area contributed by atoms with E-state index in [1.54, 1.807) is 23.6 Å². The zero-order valence-electron chi connectivity index (χ0n) is 19.8. The Morgan fingerprint density at radius 2 is 2.06 bits per heavy atom. The molecule has 7 nitrogen and oxygen atoms in total. The van der Waals surface area contributed by atoms with E-state index in [4.69, 9.17) is 4.74 Å². The second-order valence-electron chi connectivity index (χ2n) is 9.57. The van der Waals surface area contributed by atoms with Gasteiger partial charge in [-0.3, -0.25) is 14.4 Å². The summed E-state index contributed by atoms with van der Waals surface area (Å²) in [6.07, 6.45) is 1.94. The van der Waals surface area contributed by atoms with Crippen molar-refractivity contribution in [3.8, 4) is 0 Å². The number of benzene rings is 1. The fourth-order valence-electron chi connectivity index (χ4n) is 6.03. The third-order valence-corrected chi connectivity index (χ3v) is 9.59. The zero-order chi connectivity index (χ0) is 23.9. The number of carbonyl (C=O) groups is 3. The lowest BCUT2D eigenvalue weighted by Crippen LogP contribution is -2.54. The van der Waals surface area contributed by atoms with Crippen molar-refractivity contribution in [2.75, 3.05) is 25.1 Å². The first-order valence-corrected chi connectivity index (χ1v) is 12.8. The molecular formula is C25H34N2O5S. The second kappa shape index (κ2) is 9.29. The monoisotopic (exact) mass is 474 g/mol. The molecule has 2 amide bonds. The lowest BCUT2D eigenvalue weighted by Gasteiger charge is -2.38. The SMILES string of the molecule is CCOC(=O)[C@@H]1[C@H]2C(=O)N(CCCCO)C(C(=O)Nc3cc(C)ccc3C)C23S[C@@H]1CC3C. The molecule has 1 aromatic carbocycles. The van der Waals surface area contributed by atoms with Crippen molar-refractivity contribution in [2.24, 2.45) is 17.8 Å². The van der Waals surface area contributed by atoms with Crippen molar-refractivity contribution in [1.29, 1.82) is 0 Å². The normalized spacial score (nSPS) is 32.2. The third-order valence-electron chi connectivity index (χ3n) is 7.51. The van der Waals surface area contributed by atoms with Gasteiger partial charge >= 0.3 is 5.97 Å². The summed E-state index contributed by atoms with van der Waals surface area (Å²) in [4.78, 5) is 42.2. The summed E-state index contributed by atoms with van der Waals surface area (Å²) in [5.74, 6) is -1.62. The Morgan fingerprint density at radius 3 is 2.76 bits per heavy atom. The van der Waals surface area contributed by atoms with Crippen LogP contribution in [0, 0.1) is 31.6 Å². The molecule has 8 heteroatoms. The highest BCUT2D eigenvalue weighted by atomic mass is 32.2. The molecule has 6 atom stereocenters. The molecule has 2 N–H and O–H groups in total. The molecule has 3 saturated heterocycles. The summed E-state index contributed by atoms with van der Waals surface area (Å²) in [5, 5.41) is 12.4. The maximum atomic E-state index is 13.9. The van der Waals surface area contributed by atoms with Crippen LogP contribution in [0.5, 0.6) is 0 Å². The van der Waals surface area contributed by atoms with Gasteiger partial charge in [-0.1, -0.05) is 19.1 Å². The minimum atomic E-state index is -0.668. The van der Waals surface area contributed by atoms with Crippen LogP contribution in [0.15, 0.2) is 18.2 Å². The quantitative estimate of drug-likeness (QED) is 0.444. The van der Waals surface area contributed by atoms with E-state index in [0.29, 0.717) is 19.4 Å². The van der Waals surface area contributed by atoms with Crippen molar-refractivity contribution in [2.45, 2.75) is 63.0 Å². The number of nitrogens with zero attached hydrogens (tertiary/aromatic N) is 1. The van der Waals surface area contributed by atoms with Crippen LogP contribution in [-0.4, -0.2) is 63.6 Å². The summed E-state index contributed by atoms with van der Waals surface area (Å²) in [7, 11) is 0. The summed E-state index contributed by atoms with van der Waals surface area (Å²) < 4.78 is 4.71. The van der Waals surface area contributed by atoms with Crippen molar-refractivity contribution in [1.82, 2.24) is 4.90 Å². The number of aliphatic hydroxyl groups is 1. The molecular weight excluding hydrogens is 440 g/mol. The van der Waals surface area contributed by atoms with Crippen LogP contribution < -0.4 is 5.32 Å². The number of hydrogen-bond donors (Lipinski definition) is 2. The fraction of sp³-hybridized carbons (Fsp3) is 0.640. The lowest BCUT2D eigenvalue weighted by molar-refractivity contribution is -0.154. The number of unbranched alkanes of at least 4 members (excludes halogenated alkanes) is 1. The van der Waals surface area contributed by atoms with Crippen molar-refractivity contribution < 1.29 is 24.2 Å². The number of nitrogens with one attached hydrogen (secondary N) is 1. The van der Waals surface area contributed by atoms with Gasteiger partial charge in [-0.15, -0.1) is 11.8 Å². The molecule has 1 aromatic rings. The van der Waals surface area contributed by atoms with Gasteiger partial charge in [0.05, 0.1) is 23.2 Å². The summed E-state index contributed by atoms with van der Waals surface area (Å²) in [6, 6.07) is 5.25. The first-order valence-electron chi connectivity index (χ1n) is 11.9. The zero-order valence-corrected chi connectivity index (χ0v) is 20.6. The predicted octanol–water partition coefficient (Wildman–Crippen LogP) is 2.91. The van der Waals surface area contributed by atoms with Gasteiger partial charge in [-0.05, 0) is 63.1 Å². The Labute approximate surface area is 199 Å². The van der Waals surface area contributed by atoms with Crippen LogP contribution in [0.25, 0.3) is 0 Å². The van der Waals surface area contributed by atoms with Gasteiger partial charge in [0.2, 0.25) is 11.8 Å². The number of aryl methyl sites for hydroxylation is 2. The fourth-order valence-corrected chi connectivity index (χ4v) is 8.44. The Morgan fingerprint density at radius 1 is 1.30 bits per heavy atom.